The molecule has 0 amide bonds. The lowest BCUT2D eigenvalue weighted by Crippen LogP contribution is -2.11. The normalized spacial score (nSPS) is 10.6. The quantitative estimate of drug-likeness (QED) is 0.223. The minimum Gasteiger partial charge on any atom is -0.458 e. The highest BCUT2D eigenvalue weighted by Gasteiger charge is 2.16. The largest absolute Gasteiger partial charge is 0.458 e. The Morgan fingerprint density at radius 1 is 0.739 bits per heavy atom. The van der Waals surface area contributed by atoms with E-state index in [1.807, 2.05) is 0 Å². The van der Waals surface area contributed by atoms with Crippen molar-refractivity contribution in [3.63, 3.8) is 0 Å². The molecule has 23 heavy (non-hydrogen) atoms. The predicted octanol–water partition coefficient (Wildman–Crippen LogP) is 5.54. The van der Waals surface area contributed by atoms with Crippen molar-refractivity contribution in [2.24, 2.45) is 0 Å². The summed E-state index contributed by atoms with van der Waals surface area (Å²) < 4.78 is 45.3. The molecule has 0 aromatic heterocycles. The Labute approximate surface area is 137 Å². The number of rotatable bonds is 15. The molecule has 0 aromatic carbocycles. The molecule has 0 saturated heterocycles. The Hall–Kier alpha value is -1.04. The molecule has 0 aliphatic carbocycles. The fraction of sp³-hybridized carbons (Fsp3) is 0.824. The van der Waals surface area contributed by atoms with Crippen molar-refractivity contribution in [2.45, 2.75) is 71.1 Å². The van der Waals surface area contributed by atoms with Gasteiger partial charge in [-0.25, -0.2) is 4.79 Å². The highest BCUT2D eigenvalue weighted by molar-refractivity contribution is 5.86. The lowest BCUT2D eigenvalue weighted by molar-refractivity contribution is -0.142. The van der Waals surface area contributed by atoms with Crippen molar-refractivity contribution in [2.75, 3.05) is 19.8 Å². The molecule has 0 unspecified atom stereocenters. The standard InChI is InChI=1S/C17H29F3O3/c1-2-3-4-5-6-7-8-9-10-11-12-22-13-14-23-17(21)15(18)16(19)20/h2-14H2,1H3. The van der Waals surface area contributed by atoms with E-state index in [0.29, 0.717) is 6.61 Å². The summed E-state index contributed by atoms with van der Waals surface area (Å²) in [6.07, 6.45) is 9.62. The van der Waals surface area contributed by atoms with Gasteiger partial charge in [0.1, 0.15) is 6.61 Å². The van der Waals surface area contributed by atoms with Crippen molar-refractivity contribution in [1.29, 1.82) is 0 Å². The fourth-order valence-electron chi connectivity index (χ4n) is 2.13. The Morgan fingerprint density at radius 2 is 1.26 bits per heavy atom. The van der Waals surface area contributed by atoms with Gasteiger partial charge in [-0.1, -0.05) is 64.7 Å². The SMILES string of the molecule is CCCCCCCCCCCCOCCOC(=O)C(F)=C(F)F. The minimum absolute atomic E-state index is 0.0877. The van der Waals surface area contributed by atoms with Gasteiger partial charge in [0.15, 0.2) is 0 Å². The van der Waals surface area contributed by atoms with Gasteiger partial charge < -0.3 is 9.47 Å². The molecular weight excluding hydrogens is 309 g/mol. The number of esters is 1. The van der Waals surface area contributed by atoms with Gasteiger partial charge in [0.05, 0.1) is 6.61 Å². The monoisotopic (exact) mass is 338 g/mol. The molecule has 0 heterocycles. The number of carbonyl (C=O) groups excluding carboxylic acids is 1. The number of carbonyl (C=O) groups is 1. The van der Waals surface area contributed by atoms with E-state index in [2.05, 4.69) is 11.7 Å². The van der Waals surface area contributed by atoms with E-state index in [9.17, 15) is 18.0 Å². The second-order valence-electron chi connectivity index (χ2n) is 5.50. The highest BCUT2D eigenvalue weighted by atomic mass is 19.3. The third-order valence-electron chi connectivity index (χ3n) is 3.45. The van der Waals surface area contributed by atoms with Crippen molar-refractivity contribution in [3.8, 4) is 0 Å². The molecule has 0 aliphatic rings. The van der Waals surface area contributed by atoms with E-state index in [-0.39, 0.29) is 13.2 Å². The Bertz CT molecular complexity index is 329. The average Bonchev–Trinajstić information content (AvgIpc) is 2.54. The maximum Gasteiger partial charge on any atom is 0.372 e. The molecule has 0 spiro atoms. The Morgan fingerprint density at radius 3 is 1.78 bits per heavy atom. The first-order chi connectivity index (χ1) is 11.1. The maximum absolute atomic E-state index is 12.4. The van der Waals surface area contributed by atoms with Crippen LogP contribution in [0.4, 0.5) is 13.2 Å². The number of hydrogen-bond donors (Lipinski definition) is 0. The minimum atomic E-state index is -2.67. The lowest BCUT2D eigenvalue weighted by atomic mass is 10.1. The topological polar surface area (TPSA) is 35.5 Å². The van der Waals surface area contributed by atoms with Crippen LogP contribution in [0.2, 0.25) is 0 Å². The average molecular weight is 338 g/mol. The molecule has 0 aromatic rings. The molecule has 136 valence electrons. The van der Waals surface area contributed by atoms with Crippen LogP contribution < -0.4 is 0 Å². The summed E-state index contributed by atoms with van der Waals surface area (Å²) in [7, 11) is 0. The van der Waals surface area contributed by atoms with E-state index in [4.69, 9.17) is 4.74 Å². The van der Waals surface area contributed by atoms with E-state index >= 15 is 0 Å². The summed E-state index contributed by atoms with van der Waals surface area (Å²) in [5, 5.41) is 0. The van der Waals surface area contributed by atoms with Gasteiger partial charge in [-0.15, -0.1) is 0 Å². The molecule has 3 nitrogen and oxygen atoms in total. The van der Waals surface area contributed by atoms with Crippen molar-refractivity contribution in [1.82, 2.24) is 0 Å². The molecule has 0 bridgehead atoms. The fourth-order valence-corrected chi connectivity index (χ4v) is 2.13. The van der Waals surface area contributed by atoms with Crippen LogP contribution in [-0.4, -0.2) is 25.8 Å². The third-order valence-corrected chi connectivity index (χ3v) is 3.45. The molecule has 0 fully saturated rings. The lowest BCUT2D eigenvalue weighted by Gasteiger charge is -2.05. The molecule has 6 heteroatoms. The van der Waals surface area contributed by atoms with E-state index in [1.54, 1.807) is 0 Å². The first-order valence-electron chi connectivity index (χ1n) is 8.55. The van der Waals surface area contributed by atoms with Gasteiger partial charge in [-0.05, 0) is 6.42 Å². The van der Waals surface area contributed by atoms with Gasteiger partial charge >= 0.3 is 12.0 Å². The zero-order valence-corrected chi connectivity index (χ0v) is 14.1. The van der Waals surface area contributed by atoms with Crippen LogP contribution in [0.3, 0.4) is 0 Å². The Kier molecular flexibility index (Phi) is 15.1. The van der Waals surface area contributed by atoms with Crippen molar-refractivity contribution >= 4 is 5.97 Å². The van der Waals surface area contributed by atoms with Crippen LogP contribution in [0.25, 0.3) is 0 Å². The zero-order chi connectivity index (χ0) is 17.3. The molecule has 0 radical (unpaired) electrons. The maximum atomic E-state index is 12.4. The van der Waals surface area contributed by atoms with Crippen LogP contribution in [-0.2, 0) is 14.3 Å². The molecule has 0 aliphatic heterocycles. The smallest absolute Gasteiger partial charge is 0.372 e. The summed E-state index contributed by atoms with van der Waals surface area (Å²) in [6, 6.07) is 0. The van der Waals surface area contributed by atoms with E-state index in [1.165, 1.54) is 51.4 Å². The molecule has 0 saturated carbocycles. The summed E-state index contributed by atoms with van der Waals surface area (Å²) >= 11 is 0. The highest BCUT2D eigenvalue weighted by Crippen LogP contribution is 2.11. The predicted molar refractivity (Wildman–Crippen MR) is 84.0 cm³/mol. The zero-order valence-electron chi connectivity index (χ0n) is 14.1. The van der Waals surface area contributed by atoms with E-state index < -0.39 is 17.9 Å². The number of halogens is 3. The summed E-state index contributed by atoms with van der Waals surface area (Å²) in [6.45, 7) is 2.61. The second-order valence-corrected chi connectivity index (χ2v) is 5.50. The summed E-state index contributed by atoms with van der Waals surface area (Å²) in [5.41, 5.74) is 0. The summed E-state index contributed by atoms with van der Waals surface area (Å²) in [4.78, 5) is 10.7. The number of unbranched alkanes of at least 4 members (excludes halogenated alkanes) is 9. The van der Waals surface area contributed by atoms with Gasteiger partial charge in [-0.2, -0.15) is 13.2 Å². The van der Waals surface area contributed by atoms with Crippen LogP contribution in [0, 0.1) is 0 Å². The molecular formula is C17H29F3O3. The van der Waals surface area contributed by atoms with Crippen LogP contribution in [0.1, 0.15) is 71.1 Å². The summed E-state index contributed by atoms with van der Waals surface area (Å²) in [5.74, 6) is -3.78. The van der Waals surface area contributed by atoms with E-state index in [0.717, 1.165) is 12.8 Å². The number of ether oxygens (including phenoxy) is 2. The molecule has 0 rings (SSSR count). The first-order valence-corrected chi connectivity index (χ1v) is 8.55. The van der Waals surface area contributed by atoms with Crippen LogP contribution in [0.15, 0.2) is 11.9 Å². The Balaban J connectivity index is 3.22. The van der Waals surface area contributed by atoms with Gasteiger partial charge in [-0.3, -0.25) is 0 Å². The number of hydrogen-bond acceptors (Lipinski definition) is 3. The van der Waals surface area contributed by atoms with Crippen molar-refractivity contribution < 1.29 is 27.4 Å². The first kappa shape index (κ1) is 22.0. The van der Waals surface area contributed by atoms with Crippen molar-refractivity contribution in [3.05, 3.63) is 11.9 Å². The van der Waals surface area contributed by atoms with Gasteiger partial charge in [0, 0.05) is 6.61 Å². The third kappa shape index (κ3) is 14.3. The molecule has 0 atom stereocenters. The second kappa shape index (κ2) is 15.8. The van der Waals surface area contributed by atoms with Crippen LogP contribution >= 0.6 is 0 Å². The van der Waals surface area contributed by atoms with Gasteiger partial charge in [0.25, 0.3) is 5.83 Å². The van der Waals surface area contributed by atoms with Crippen LogP contribution in [0.5, 0.6) is 0 Å². The molecule has 0 N–H and O–H groups in total. The van der Waals surface area contributed by atoms with Gasteiger partial charge in [0.2, 0.25) is 0 Å².